The molecule has 0 saturated heterocycles. The Morgan fingerprint density at radius 3 is 2.40 bits per heavy atom. The maximum Gasteiger partial charge on any atom is 0.265 e. The highest BCUT2D eigenvalue weighted by Crippen LogP contribution is 2.28. The SMILES string of the molecule is Cc1cc(C)c(NC(=O)c2ccc(-n3c(C)nc4ccccc4c3=O)cc2)c(Cl)c1. The number of aryl methyl sites for hydroxylation is 3. The predicted octanol–water partition coefficient (Wildman–Crippen LogP) is 5.22. The number of anilines is 1. The molecule has 0 atom stereocenters. The molecule has 3 aromatic carbocycles. The number of carbonyl (C=O) groups excluding carboxylic acids is 1. The van der Waals surface area contributed by atoms with Crippen LogP contribution < -0.4 is 10.9 Å². The average molecular weight is 418 g/mol. The van der Waals surface area contributed by atoms with Crippen LogP contribution >= 0.6 is 11.6 Å². The van der Waals surface area contributed by atoms with Gasteiger partial charge >= 0.3 is 0 Å². The van der Waals surface area contributed by atoms with Crippen molar-refractivity contribution in [2.45, 2.75) is 20.8 Å². The Balaban J connectivity index is 1.66. The van der Waals surface area contributed by atoms with Crippen molar-refractivity contribution >= 4 is 34.1 Å². The maximum atomic E-state index is 12.9. The molecule has 6 heteroatoms. The molecule has 4 aromatic rings. The molecule has 1 aromatic heterocycles. The number of nitrogens with zero attached hydrogens (tertiary/aromatic N) is 2. The number of hydrogen-bond acceptors (Lipinski definition) is 3. The van der Waals surface area contributed by atoms with Crippen molar-refractivity contribution in [3.05, 3.63) is 98.6 Å². The van der Waals surface area contributed by atoms with Gasteiger partial charge < -0.3 is 5.32 Å². The molecule has 0 bridgehead atoms. The number of carbonyl (C=O) groups is 1. The maximum absolute atomic E-state index is 12.9. The Morgan fingerprint density at radius 1 is 1.00 bits per heavy atom. The van der Waals surface area contributed by atoms with Crippen LogP contribution in [0.1, 0.15) is 27.3 Å². The number of fused-ring (bicyclic) bond motifs is 1. The third-order valence-corrected chi connectivity index (χ3v) is 5.30. The van der Waals surface area contributed by atoms with Gasteiger partial charge in [-0.25, -0.2) is 4.98 Å². The Bertz CT molecular complexity index is 1320. The molecule has 0 aliphatic carbocycles. The Hall–Kier alpha value is -3.44. The Morgan fingerprint density at radius 2 is 1.70 bits per heavy atom. The third kappa shape index (κ3) is 3.60. The zero-order chi connectivity index (χ0) is 21.4. The lowest BCUT2D eigenvalue weighted by molar-refractivity contribution is 0.102. The quantitative estimate of drug-likeness (QED) is 0.497. The van der Waals surface area contributed by atoms with E-state index in [2.05, 4.69) is 10.3 Å². The van der Waals surface area contributed by atoms with Gasteiger partial charge in [0.25, 0.3) is 11.5 Å². The van der Waals surface area contributed by atoms with E-state index < -0.39 is 0 Å². The molecule has 0 saturated carbocycles. The number of nitrogens with one attached hydrogen (secondary N) is 1. The van der Waals surface area contributed by atoms with Gasteiger partial charge in [-0.2, -0.15) is 0 Å². The second-order valence-electron chi connectivity index (χ2n) is 7.26. The summed E-state index contributed by atoms with van der Waals surface area (Å²) in [6.45, 7) is 5.64. The normalized spacial score (nSPS) is 10.9. The number of hydrogen-bond donors (Lipinski definition) is 1. The molecule has 5 nitrogen and oxygen atoms in total. The van der Waals surface area contributed by atoms with Gasteiger partial charge in [0.1, 0.15) is 5.82 Å². The average Bonchev–Trinajstić information content (AvgIpc) is 2.71. The highest BCUT2D eigenvalue weighted by molar-refractivity contribution is 6.34. The molecule has 1 N–H and O–H groups in total. The van der Waals surface area contributed by atoms with Crippen molar-refractivity contribution in [2.75, 3.05) is 5.32 Å². The van der Waals surface area contributed by atoms with E-state index in [1.165, 1.54) is 0 Å². The van der Waals surface area contributed by atoms with Crippen molar-refractivity contribution in [2.24, 2.45) is 0 Å². The molecule has 0 radical (unpaired) electrons. The van der Waals surface area contributed by atoms with Crippen LogP contribution in [0.4, 0.5) is 5.69 Å². The Kier molecular flexibility index (Phi) is 5.14. The summed E-state index contributed by atoms with van der Waals surface area (Å²) >= 11 is 6.29. The molecule has 0 spiro atoms. The number of rotatable bonds is 3. The highest BCUT2D eigenvalue weighted by Gasteiger charge is 2.13. The van der Waals surface area contributed by atoms with Crippen LogP contribution in [-0.4, -0.2) is 15.5 Å². The smallest absolute Gasteiger partial charge is 0.265 e. The molecule has 1 heterocycles. The molecule has 4 rings (SSSR count). The van der Waals surface area contributed by atoms with Crippen molar-refractivity contribution < 1.29 is 4.79 Å². The lowest BCUT2D eigenvalue weighted by atomic mass is 10.1. The minimum atomic E-state index is -0.267. The van der Waals surface area contributed by atoms with Crippen LogP contribution in [0, 0.1) is 20.8 Å². The van der Waals surface area contributed by atoms with Crippen LogP contribution in [0.3, 0.4) is 0 Å². The van der Waals surface area contributed by atoms with Crippen LogP contribution in [0.2, 0.25) is 5.02 Å². The fourth-order valence-corrected chi connectivity index (χ4v) is 3.94. The monoisotopic (exact) mass is 417 g/mol. The van der Waals surface area contributed by atoms with Gasteiger partial charge in [0, 0.05) is 5.56 Å². The predicted molar refractivity (Wildman–Crippen MR) is 121 cm³/mol. The second kappa shape index (κ2) is 7.76. The fraction of sp³-hybridized carbons (Fsp3) is 0.125. The molecule has 0 unspecified atom stereocenters. The lowest BCUT2D eigenvalue weighted by Crippen LogP contribution is -2.22. The Labute approximate surface area is 179 Å². The third-order valence-electron chi connectivity index (χ3n) is 5.00. The topological polar surface area (TPSA) is 64.0 Å². The summed E-state index contributed by atoms with van der Waals surface area (Å²) in [4.78, 5) is 30.2. The van der Waals surface area contributed by atoms with Gasteiger partial charge in [-0.05, 0) is 74.4 Å². The van der Waals surface area contributed by atoms with Gasteiger partial charge in [-0.1, -0.05) is 29.8 Å². The zero-order valence-corrected chi connectivity index (χ0v) is 17.6. The summed E-state index contributed by atoms with van der Waals surface area (Å²) in [5, 5.41) is 3.93. The van der Waals surface area contributed by atoms with Crippen molar-refractivity contribution in [1.29, 1.82) is 0 Å². The van der Waals surface area contributed by atoms with Gasteiger partial charge in [0.05, 0.1) is 27.3 Å². The summed E-state index contributed by atoms with van der Waals surface area (Å²) in [5.41, 5.74) is 4.17. The summed E-state index contributed by atoms with van der Waals surface area (Å²) < 4.78 is 1.55. The number of benzene rings is 3. The molecule has 0 aliphatic heterocycles. The fourth-order valence-electron chi connectivity index (χ4n) is 3.57. The summed E-state index contributed by atoms with van der Waals surface area (Å²) in [5.74, 6) is 0.314. The zero-order valence-electron chi connectivity index (χ0n) is 16.9. The minimum Gasteiger partial charge on any atom is -0.320 e. The standard InChI is InChI=1S/C24H20ClN3O2/c1-14-12-15(2)22(20(25)13-14)27-23(29)17-8-10-18(11-9-17)28-16(3)26-21-7-5-4-6-19(21)24(28)30/h4-13H,1-3H3,(H,27,29). The first-order valence-electron chi connectivity index (χ1n) is 9.52. The molecule has 1 amide bonds. The number of aromatic nitrogens is 2. The van der Waals surface area contributed by atoms with Crippen molar-refractivity contribution in [3.63, 3.8) is 0 Å². The largest absolute Gasteiger partial charge is 0.320 e. The highest BCUT2D eigenvalue weighted by atomic mass is 35.5. The van der Waals surface area contributed by atoms with E-state index in [9.17, 15) is 9.59 Å². The summed E-state index contributed by atoms with van der Waals surface area (Å²) in [6, 6.07) is 17.9. The molecular formula is C24H20ClN3O2. The molecule has 0 aliphatic rings. The van der Waals surface area contributed by atoms with E-state index in [4.69, 9.17) is 11.6 Å². The van der Waals surface area contributed by atoms with Gasteiger partial charge in [-0.15, -0.1) is 0 Å². The second-order valence-corrected chi connectivity index (χ2v) is 7.66. The summed E-state index contributed by atoms with van der Waals surface area (Å²) in [6.07, 6.45) is 0. The van der Waals surface area contributed by atoms with E-state index in [0.717, 1.165) is 11.1 Å². The van der Waals surface area contributed by atoms with E-state index in [1.54, 1.807) is 41.8 Å². The van der Waals surface area contributed by atoms with Crippen LogP contribution in [-0.2, 0) is 0 Å². The minimum absolute atomic E-state index is 0.141. The van der Waals surface area contributed by atoms with Gasteiger partial charge in [-0.3, -0.25) is 14.2 Å². The van der Waals surface area contributed by atoms with Gasteiger partial charge in [0.15, 0.2) is 0 Å². The van der Waals surface area contributed by atoms with Crippen molar-refractivity contribution in [3.8, 4) is 5.69 Å². The van der Waals surface area contributed by atoms with Crippen LogP contribution in [0.25, 0.3) is 16.6 Å². The van der Waals surface area contributed by atoms with Crippen LogP contribution in [0.15, 0.2) is 65.5 Å². The van der Waals surface area contributed by atoms with Crippen molar-refractivity contribution in [1.82, 2.24) is 9.55 Å². The van der Waals surface area contributed by atoms with E-state index in [0.29, 0.717) is 38.7 Å². The number of amides is 1. The van der Waals surface area contributed by atoms with E-state index in [1.807, 2.05) is 44.2 Å². The molecular weight excluding hydrogens is 398 g/mol. The summed E-state index contributed by atoms with van der Waals surface area (Å²) in [7, 11) is 0. The van der Waals surface area contributed by atoms with E-state index >= 15 is 0 Å². The first kappa shape index (κ1) is 19.9. The van der Waals surface area contributed by atoms with Crippen LogP contribution in [0.5, 0.6) is 0 Å². The van der Waals surface area contributed by atoms with E-state index in [-0.39, 0.29) is 11.5 Å². The molecule has 0 fully saturated rings. The molecule has 30 heavy (non-hydrogen) atoms. The molecule has 150 valence electrons. The lowest BCUT2D eigenvalue weighted by Gasteiger charge is -2.13. The first-order chi connectivity index (χ1) is 14.3. The van der Waals surface area contributed by atoms with Gasteiger partial charge in [0.2, 0.25) is 0 Å². The first-order valence-corrected chi connectivity index (χ1v) is 9.90. The number of para-hydroxylation sites is 1. The number of halogens is 1.